The summed E-state index contributed by atoms with van der Waals surface area (Å²) in [5.74, 6) is 7.08. The van der Waals surface area contributed by atoms with Crippen molar-refractivity contribution in [3.05, 3.63) is 77.4 Å². The lowest BCUT2D eigenvalue weighted by atomic mass is 9.56. The molecule has 0 N–H and O–H groups in total. The number of hydrogen-bond donors (Lipinski definition) is 0. The second-order valence-corrected chi connectivity index (χ2v) is 9.71. The number of benzene rings is 1. The molecule has 1 fully saturated rings. The summed E-state index contributed by atoms with van der Waals surface area (Å²) in [4.78, 5) is 0. The number of fused-ring (bicyclic) bond motifs is 1. The van der Waals surface area contributed by atoms with Crippen LogP contribution in [0.1, 0.15) is 82.1 Å². The highest BCUT2D eigenvalue weighted by Crippen LogP contribution is 2.61. The normalized spacial score (nSPS) is 28.6. The molecule has 0 aromatic heterocycles. The van der Waals surface area contributed by atoms with Crippen molar-refractivity contribution in [3.63, 3.8) is 0 Å². The fourth-order valence-electron chi connectivity index (χ4n) is 5.99. The first-order chi connectivity index (χ1) is 14.3. The molecule has 1 saturated carbocycles. The second kappa shape index (κ2) is 8.85. The molecule has 158 valence electrons. The Kier molecular flexibility index (Phi) is 6.62. The maximum Gasteiger partial charge on any atom is 0.0208 e. The molecule has 2 aliphatic carbocycles. The van der Waals surface area contributed by atoms with Crippen molar-refractivity contribution in [1.82, 2.24) is 0 Å². The van der Waals surface area contributed by atoms with Crippen LogP contribution in [0.15, 0.2) is 55.2 Å². The van der Waals surface area contributed by atoms with Crippen LogP contribution >= 0.6 is 0 Å². The predicted octanol–water partition coefficient (Wildman–Crippen LogP) is 8.12. The Bertz CT molecular complexity index is 948. The summed E-state index contributed by atoms with van der Waals surface area (Å²) in [6, 6.07) is 4.93. The van der Waals surface area contributed by atoms with Gasteiger partial charge in [-0.25, -0.2) is 0 Å². The first kappa shape index (κ1) is 22.4. The Labute approximate surface area is 184 Å². The molecule has 1 aromatic rings. The summed E-state index contributed by atoms with van der Waals surface area (Å²) in [6.07, 6.45) is 16.0. The van der Waals surface area contributed by atoms with Gasteiger partial charge >= 0.3 is 0 Å². The van der Waals surface area contributed by atoms with Gasteiger partial charge in [-0.1, -0.05) is 69.5 Å². The van der Waals surface area contributed by atoms with Crippen LogP contribution < -0.4 is 0 Å². The summed E-state index contributed by atoms with van der Waals surface area (Å²) in [6.45, 7) is 19.4. The Hall–Kier alpha value is -2.26. The average Bonchev–Trinajstić information content (AvgIpc) is 2.94. The number of allylic oxidation sites excluding steroid dienone is 6. The molecule has 0 nitrogen and oxygen atoms in total. The zero-order valence-corrected chi connectivity index (χ0v) is 19.7. The highest BCUT2D eigenvalue weighted by Gasteiger charge is 2.54. The Balaban J connectivity index is 2.14. The molecule has 1 unspecified atom stereocenters. The Morgan fingerprint density at radius 2 is 1.93 bits per heavy atom. The smallest absolute Gasteiger partial charge is 0.0208 e. The van der Waals surface area contributed by atoms with Crippen LogP contribution in [-0.2, 0) is 11.8 Å². The van der Waals surface area contributed by atoms with Gasteiger partial charge in [0.25, 0.3) is 0 Å². The van der Waals surface area contributed by atoms with E-state index in [0.29, 0.717) is 5.41 Å². The van der Waals surface area contributed by atoms with Crippen LogP contribution in [0.5, 0.6) is 0 Å². The minimum atomic E-state index is 0.158. The van der Waals surface area contributed by atoms with Gasteiger partial charge in [-0.05, 0) is 91.7 Å². The lowest BCUT2D eigenvalue weighted by Crippen LogP contribution is -2.42. The Morgan fingerprint density at radius 1 is 1.23 bits per heavy atom. The van der Waals surface area contributed by atoms with Gasteiger partial charge < -0.3 is 0 Å². The van der Waals surface area contributed by atoms with E-state index in [1.165, 1.54) is 48.8 Å². The molecule has 2 aliphatic rings. The van der Waals surface area contributed by atoms with Crippen molar-refractivity contribution in [2.45, 2.75) is 78.6 Å². The minimum absolute atomic E-state index is 0.158. The largest absolute Gasteiger partial charge is 0.103 e. The van der Waals surface area contributed by atoms with Crippen molar-refractivity contribution in [1.29, 1.82) is 0 Å². The van der Waals surface area contributed by atoms with E-state index in [1.54, 1.807) is 5.56 Å². The van der Waals surface area contributed by atoms with Crippen LogP contribution in [0.4, 0.5) is 0 Å². The second-order valence-electron chi connectivity index (χ2n) is 9.71. The average molecular weight is 399 g/mol. The van der Waals surface area contributed by atoms with Crippen LogP contribution in [0, 0.1) is 30.1 Å². The molecule has 1 atom stereocenters. The van der Waals surface area contributed by atoms with Crippen LogP contribution in [0.25, 0.3) is 5.57 Å². The van der Waals surface area contributed by atoms with E-state index in [2.05, 4.69) is 76.1 Å². The van der Waals surface area contributed by atoms with Gasteiger partial charge in [0.1, 0.15) is 0 Å². The maximum atomic E-state index is 4.15. The summed E-state index contributed by atoms with van der Waals surface area (Å²) in [5.41, 5.74) is 8.45. The standard InChI is InChI=1S/C30H38/c1-8-12-24(10-3)19-25(11-4)27-20-28-26(18-23(27)6)21-30(29(28,7)15-9-2)16-13-22(5)14-17-30/h9-11,18-20,22H,2,4,13-17,21H2,1,3,5-7H3. The van der Waals surface area contributed by atoms with E-state index in [4.69, 9.17) is 0 Å². The lowest BCUT2D eigenvalue weighted by molar-refractivity contribution is 0.0743. The van der Waals surface area contributed by atoms with Crippen LogP contribution in [0.3, 0.4) is 0 Å². The molecule has 0 heterocycles. The number of aryl methyl sites for hydroxylation is 1. The van der Waals surface area contributed by atoms with Gasteiger partial charge in [-0.2, -0.15) is 0 Å². The van der Waals surface area contributed by atoms with E-state index < -0.39 is 0 Å². The predicted molar refractivity (Wildman–Crippen MR) is 132 cm³/mol. The fourth-order valence-corrected chi connectivity index (χ4v) is 5.99. The van der Waals surface area contributed by atoms with E-state index in [9.17, 15) is 0 Å². The molecule has 0 radical (unpaired) electrons. The molecule has 0 amide bonds. The number of rotatable bonds is 5. The summed E-state index contributed by atoms with van der Waals surface area (Å²) >= 11 is 0. The topological polar surface area (TPSA) is 0 Å². The first-order valence-electron chi connectivity index (χ1n) is 11.5. The van der Waals surface area contributed by atoms with Crippen LogP contribution in [0.2, 0.25) is 0 Å². The third-order valence-electron chi connectivity index (χ3n) is 7.95. The van der Waals surface area contributed by atoms with Gasteiger partial charge in [0.15, 0.2) is 0 Å². The van der Waals surface area contributed by atoms with Gasteiger partial charge in [0.05, 0.1) is 0 Å². The number of hydrogen-bond acceptors (Lipinski definition) is 0. The molecule has 3 rings (SSSR count). The highest BCUT2D eigenvalue weighted by atomic mass is 14.6. The van der Waals surface area contributed by atoms with Gasteiger partial charge in [-0.3, -0.25) is 0 Å². The fraction of sp³-hybridized carbons (Fsp3) is 0.467. The molecule has 30 heavy (non-hydrogen) atoms. The van der Waals surface area contributed by atoms with Crippen molar-refractivity contribution in [2.24, 2.45) is 11.3 Å². The highest BCUT2D eigenvalue weighted by molar-refractivity contribution is 5.79. The van der Waals surface area contributed by atoms with Crippen molar-refractivity contribution >= 4 is 5.57 Å². The molecule has 0 heteroatoms. The zero-order chi connectivity index (χ0) is 21.9. The third kappa shape index (κ3) is 3.76. The Morgan fingerprint density at radius 3 is 2.50 bits per heavy atom. The SMILES string of the molecule is C=CCC1(C)c2cc(C(C=C)=CC(C#CC)=CC)c(C)cc2CC12CCC(C)CC2. The maximum absolute atomic E-state index is 4.15. The molecular formula is C30H38. The third-order valence-corrected chi connectivity index (χ3v) is 7.95. The molecular weight excluding hydrogens is 360 g/mol. The first-order valence-corrected chi connectivity index (χ1v) is 11.5. The summed E-state index contributed by atoms with van der Waals surface area (Å²) in [7, 11) is 0. The van der Waals surface area contributed by atoms with Gasteiger partial charge in [0.2, 0.25) is 0 Å². The monoisotopic (exact) mass is 398 g/mol. The lowest BCUT2D eigenvalue weighted by Gasteiger charge is -2.48. The molecule has 1 spiro atoms. The quantitative estimate of drug-likeness (QED) is 0.267. The van der Waals surface area contributed by atoms with Gasteiger partial charge in [-0.15, -0.1) is 12.5 Å². The van der Waals surface area contributed by atoms with E-state index in [1.807, 2.05) is 19.9 Å². The van der Waals surface area contributed by atoms with E-state index >= 15 is 0 Å². The van der Waals surface area contributed by atoms with Crippen molar-refractivity contribution in [3.8, 4) is 11.8 Å². The molecule has 1 aromatic carbocycles. The molecule has 0 aliphatic heterocycles. The zero-order valence-electron chi connectivity index (χ0n) is 19.7. The van der Waals surface area contributed by atoms with E-state index in [0.717, 1.165) is 23.5 Å². The van der Waals surface area contributed by atoms with Gasteiger partial charge in [0, 0.05) is 11.0 Å². The summed E-state index contributed by atoms with van der Waals surface area (Å²) < 4.78 is 0. The minimum Gasteiger partial charge on any atom is -0.103 e. The van der Waals surface area contributed by atoms with Crippen molar-refractivity contribution in [2.75, 3.05) is 0 Å². The molecule has 0 saturated heterocycles. The van der Waals surface area contributed by atoms with Crippen molar-refractivity contribution < 1.29 is 0 Å². The van der Waals surface area contributed by atoms with Crippen LogP contribution in [-0.4, -0.2) is 0 Å². The summed E-state index contributed by atoms with van der Waals surface area (Å²) in [5, 5.41) is 0. The van der Waals surface area contributed by atoms with E-state index in [-0.39, 0.29) is 5.41 Å². The molecule has 0 bridgehead atoms.